The van der Waals surface area contributed by atoms with Gasteiger partial charge in [-0.1, -0.05) is 6.07 Å². The van der Waals surface area contributed by atoms with E-state index >= 15 is 0 Å². The number of anilines is 1. The van der Waals surface area contributed by atoms with E-state index in [0.717, 1.165) is 13.1 Å². The topological polar surface area (TPSA) is 37.7 Å². The maximum atomic E-state index is 12.2. The summed E-state index contributed by atoms with van der Waals surface area (Å²) in [6.07, 6.45) is 1.95. The number of fused-ring (bicyclic) bond motifs is 1. The fourth-order valence-corrected chi connectivity index (χ4v) is 3.25. The Bertz CT molecular complexity index is 750. The molecular weight excluding hydrogens is 302 g/mol. The molecule has 2 heterocycles. The average molecular weight is 329 g/mol. The molecule has 1 fully saturated rings. The molecule has 0 N–H and O–H groups in total. The fraction of sp³-hybridized carbons (Fsp3) is 0.526. The second-order valence-electron chi connectivity index (χ2n) is 7.58. The van der Waals surface area contributed by atoms with Gasteiger partial charge in [0, 0.05) is 50.5 Å². The number of amides is 1. The van der Waals surface area contributed by atoms with E-state index in [9.17, 15) is 4.79 Å². The summed E-state index contributed by atoms with van der Waals surface area (Å²) in [6, 6.07) is 6.62. The molecule has 0 radical (unpaired) electrons. The Morgan fingerprint density at radius 3 is 2.42 bits per heavy atom. The SMILES string of the molecule is Cc1cn(C)c2cc(N3CCN(C(=O)OC(C)(C)C)CC3)ccc12. The molecule has 2 aromatic rings. The number of benzene rings is 1. The van der Waals surface area contributed by atoms with Crippen LogP contribution in [-0.2, 0) is 11.8 Å². The first-order valence-electron chi connectivity index (χ1n) is 8.53. The first-order chi connectivity index (χ1) is 11.2. The van der Waals surface area contributed by atoms with Crippen LogP contribution in [-0.4, -0.2) is 47.3 Å². The highest BCUT2D eigenvalue weighted by molar-refractivity contribution is 5.87. The number of aryl methyl sites for hydroxylation is 2. The molecule has 1 aromatic heterocycles. The second-order valence-corrected chi connectivity index (χ2v) is 7.58. The molecule has 1 amide bonds. The molecule has 0 spiro atoms. The molecule has 3 rings (SSSR count). The number of ether oxygens (including phenoxy) is 1. The average Bonchev–Trinajstić information content (AvgIpc) is 2.80. The summed E-state index contributed by atoms with van der Waals surface area (Å²) < 4.78 is 7.63. The summed E-state index contributed by atoms with van der Waals surface area (Å²) in [5.41, 5.74) is 3.32. The van der Waals surface area contributed by atoms with Gasteiger partial charge in [-0.3, -0.25) is 0 Å². The van der Waals surface area contributed by atoms with Gasteiger partial charge in [-0.05, 0) is 45.4 Å². The van der Waals surface area contributed by atoms with E-state index in [1.165, 1.54) is 22.2 Å². The molecule has 0 bridgehead atoms. The van der Waals surface area contributed by atoms with Crippen LogP contribution >= 0.6 is 0 Å². The Kier molecular flexibility index (Phi) is 4.20. The van der Waals surface area contributed by atoms with Crippen molar-refractivity contribution < 1.29 is 9.53 Å². The molecular formula is C19H27N3O2. The molecule has 1 aliphatic heterocycles. The van der Waals surface area contributed by atoms with Crippen molar-refractivity contribution in [3.8, 4) is 0 Å². The minimum Gasteiger partial charge on any atom is -0.444 e. The number of nitrogens with zero attached hydrogens (tertiary/aromatic N) is 3. The van der Waals surface area contributed by atoms with E-state index in [1.807, 2.05) is 20.8 Å². The van der Waals surface area contributed by atoms with Crippen LogP contribution in [0, 0.1) is 6.92 Å². The smallest absolute Gasteiger partial charge is 0.410 e. The predicted octanol–water partition coefficient (Wildman–Crippen LogP) is 3.54. The molecule has 130 valence electrons. The number of carbonyl (C=O) groups excluding carboxylic acids is 1. The highest BCUT2D eigenvalue weighted by Crippen LogP contribution is 2.26. The Labute approximate surface area is 143 Å². The minimum absolute atomic E-state index is 0.212. The lowest BCUT2D eigenvalue weighted by molar-refractivity contribution is 0.0240. The van der Waals surface area contributed by atoms with Crippen molar-refractivity contribution in [2.45, 2.75) is 33.3 Å². The maximum Gasteiger partial charge on any atom is 0.410 e. The summed E-state index contributed by atoms with van der Waals surface area (Å²) in [5, 5.41) is 1.30. The quantitative estimate of drug-likeness (QED) is 0.803. The number of piperazine rings is 1. The van der Waals surface area contributed by atoms with Crippen molar-refractivity contribution in [2.75, 3.05) is 31.1 Å². The van der Waals surface area contributed by atoms with Crippen LogP contribution in [0.25, 0.3) is 10.9 Å². The van der Waals surface area contributed by atoms with Gasteiger partial charge in [0.1, 0.15) is 5.60 Å². The van der Waals surface area contributed by atoms with Crippen LogP contribution in [0.3, 0.4) is 0 Å². The van der Waals surface area contributed by atoms with E-state index in [1.54, 1.807) is 4.90 Å². The van der Waals surface area contributed by atoms with E-state index in [2.05, 4.69) is 47.8 Å². The Morgan fingerprint density at radius 1 is 1.12 bits per heavy atom. The Hall–Kier alpha value is -2.17. The van der Waals surface area contributed by atoms with Gasteiger partial charge in [-0.15, -0.1) is 0 Å². The van der Waals surface area contributed by atoms with Crippen molar-refractivity contribution in [2.24, 2.45) is 7.05 Å². The zero-order chi connectivity index (χ0) is 17.5. The normalized spacial score (nSPS) is 15.9. The molecule has 1 aromatic carbocycles. The molecule has 1 aliphatic rings. The van der Waals surface area contributed by atoms with Gasteiger partial charge in [0.15, 0.2) is 0 Å². The number of aromatic nitrogens is 1. The number of hydrogen-bond acceptors (Lipinski definition) is 3. The highest BCUT2D eigenvalue weighted by Gasteiger charge is 2.26. The largest absolute Gasteiger partial charge is 0.444 e. The van der Waals surface area contributed by atoms with Gasteiger partial charge in [0.2, 0.25) is 0 Å². The summed E-state index contributed by atoms with van der Waals surface area (Å²) in [5.74, 6) is 0. The van der Waals surface area contributed by atoms with Crippen LogP contribution in [0.1, 0.15) is 26.3 Å². The lowest BCUT2D eigenvalue weighted by Crippen LogP contribution is -2.50. The third-order valence-electron chi connectivity index (χ3n) is 4.47. The lowest BCUT2D eigenvalue weighted by atomic mass is 10.1. The second kappa shape index (κ2) is 6.04. The number of rotatable bonds is 1. The van der Waals surface area contributed by atoms with E-state index in [4.69, 9.17) is 4.74 Å². The van der Waals surface area contributed by atoms with Crippen LogP contribution in [0.5, 0.6) is 0 Å². The van der Waals surface area contributed by atoms with E-state index < -0.39 is 5.60 Å². The van der Waals surface area contributed by atoms with Crippen LogP contribution in [0.15, 0.2) is 24.4 Å². The molecule has 0 saturated carbocycles. The van der Waals surface area contributed by atoms with E-state index in [-0.39, 0.29) is 6.09 Å². The van der Waals surface area contributed by atoms with Crippen LogP contribution in [0.2, 0.25) is 0 Å². The molecule has 5 heteroatoms. The minimum atomic E-state index is -0.441. The van der Waals surface area contributed by atoms with Gasteiger partial charge in [0.25, 0.3) is 0 Å². The maximum absolute atomic E-state index is 12.2. The van der Waals surface area contributed by atoms with Crippen molar-refractivity contribution in [1.29, 1.82) is 0 Å². The van der Waals surface area contributed by atoms with Crippen LogP contribution in [0.4, 0.5) is 10.5 Å². The summed E-state index contributed by atoms with van der Waals surface area (Å²) >= 11 is 0. The first-order valence-corrected chi connectivity index (χ1v) is 8.53. The molecule has 0 unspecified atom stereocenters. The van der Waals surface area contributed by atoms with Gasteiger partial charge in [-0.2, -0.15) is 0 Å². The van der Waals surface area contributed by atoms with Crippen molar-refractivity contribution >= 4 is 22.7 Å². The molecule has 5 nitrogen and oxygen atoms in total. The Morgan fingerprint density at radius 2 is 1.79 bits per heavy atom. The first kappa shape index (κ1) is 16.7. The third kappa shape index (κ3) is 3.35. The van der Waals surface area contributed by atoms with E-state index in [0.29, 0.717) is 13.1 Å². The summed E-state index contributed by atoms with van der Waals surface area (Å²) in [4.78, 5) is 16.3. The van der Waals surface area contributed by atoms with Crippen molar-refractivity contribution in [3.63, 3.8) is 0 Å². The number of carbonyl (C=O) groups is 1. The van der Waals surface area contributed by atoms with Crippen molar-refractivity contribution in [1.82, 2.24) is 9.47 Å². The fourth-order valence-electron chi connectivity index (χ4n) is 3.25. The highest BCUT2D eigenvalue weighted by atomic mass is 16.6. The standard InChI is InChI=1S/C19H27N3O2/c1-14-13-20(5)17-12-15(6-7-16(14)17)21-8-10-22(11-9-21)18(23)24-19(2,3)4/h6-7,12-13H,8-11H2,1-5H3. The van der Waals surface area contributed by atoms with Crippen molar-refractivity contribution in [3.05, 3.63) is 30.0 Å². The Balaban J connectivity index is 1.69. The zero-order valence-corrected chi connectivity index (χ0v) is 15.3. The van der Waals surface area contributed by atoms with Gasteiger partial charge in [-0.25, -0.2) is 4.79 Å². The summed E-state index contributed by atoms with van der Waals surface area (Å²) in [6.45, 7) is 10.9. The predicted molar refractivity (Wildman–Crippen MR) is 97.7 cm³/mol. The molecule has 0 atom stereocenters. The lowest BCUT2D eigenvalue weighted by Gasteiger charge is -2.36. The van der Waals surface area contributed by atoms with Gasteiger partial charge in [0.05, 0.1) is 5.52 Å². The van der Waals surface area contributed by atoms with Gasteiger partial charge < -0.3 is 19.1 Å². The summed E-state index contributed by atoms with van der Waals surface area (Å²) in [7, 11) is 2.08. The molecule has 0 aliphatic carbocycles. The molecule has 24 heavy (non-hydrogen) atoms. The molecule has 1 saturated heterocycles. The zero-order valence-electron chi connectivity index (χ0n) is 15.3. The van der Waals surface area contributed by atoms with Gasteiger partial charge >= 0.3 is 6.09 Å². The third-order valence-corrected chi connectivity index (χ3v) is 4.47. The monoisotopic (exact) mass is 329 g/mol. The van der Waals surface area contributed by atoms with Crippen LogP contribution < -0.4 is 4.90 Å². The number of hydrogen-bond donors (Lipinski definition) is 0.